The summed E-state index contributed by atoms with van der Waals surface area (Å²) in [5.74, 6) is 6.12. The number of nitrogens with zero attached hydrogens (tertiary/aromatic N) is 1. The van der Waals surface area contributed by atoms with E-state index in [2.05, 4.69) is 5.43 Å². The van der Waals surface area contributed by atoms with Crippen molar-refractivity contribution in [2.75, 3.05) is 7.05 Å². The van der Waals surface area contributed by atoms with Crippen molar-refractivity contribution in [2.24, 2.45) is 11.8 Å². The Kier molecular flexibility index (Phi) is 4.72. The molecule has 17 heavy (non-hydrogen) atoms. The van der Waals surface area contributed by atoms with E-state index in [1.54, 1.807) is 6.26 Å². The maximum absolute atomic E-state index is 11.7. The van der Waals surface area contributed by atoms with Gasteiger partial charge in [0.2, 0.25) is 0 Å². The summed E-state index contributed by atoms with van der Waals surface area (Å²) in [6.45, 7) is 6.58. The number of rotatable bonds is 5. The van der Waals surface area contributed by atoms with Gasteiger partial charge in [-0.3, -0.25) is 15.1 Å². The Morgan fingerprint density at radius 2 is 2.24 bits per heavy atom. The monoisotopic (exact) mass is 239 g/mol. The van der Waals surface area contributed by atoms with Crippen molar-refractivity contribution in [2.45, 2.75) is 33.4 Å². The highest BCUT2D eigenvalue weighted by molar-refractivity contribution is 5.81. The number of carbonyl (C=O) groups excluding carboxylic acids is 1. The Balaban J connectivity index is 2.76. The van der Waals surface area contributed by atoms with Crippen LogP contribution in [-0.4, -0.2) is 23.9 Å². The van der Waals surface area contributed by atoms with Crippen molar-refractivity contribution in [1.82, 2.24) is 10.3 Å². The fraction of sp³-hybridized carbons (Fsp3) is 0.583. The molecule has 0 radical (unpaired) electrons. The van der Waals surface area contributed by atoms with E-state index in [0.29, 0.717) is 6.54 Å². The molecule has 0 saturated heterocycles. The van der Waals surface area contributed by atoms with Gasteiger partial charge in [-0.2, -0.15) is 0 Å². The molecule has 1 unspecified atom stereocenters. The van der Waals surface area contributed by atoms with Gasteiger partial charge in [0.15, 0.2) is 0 Å². The number of amides is 1. The van der Waals surface area contributed by atoms with Gasteiger partial charge in [-0.15, -0.1) is 0 Å². The first-order valence-electron chi connectivity index (χ1n) is 5.71. The van der Waals surface area contributed by atoms with Crippen LogP contribution >= 0.6 is 0 Å². The molecule has 1 aromatic rings. The van der Waals surface area contributed by atoms with E-state index in [1.807, 2.05) is 38.8 Å². The third-order valence-electron chi connectivity index (χ3n) is 2.90. The molecule has 1 amide bonds. The third kappa shape index (κ3) is 3.31. The smallest absolute Gasteiger partial charge is 0.251 e. The van der Waals surface area contributed by atoms with Crippen LogP contribution in [0, 0.1) is 12.8 Å². The summed E-state index contributed by atoms with van der Waals surface area (Å²) in [4.78, 5) is 13.7. The van der Waals surface area contributed by atoms with Crippen LogP contribution in [0.1, 0.15) is 25.2 Å². The predicted molar refractivity (Wildman–Crippen MR) is 65.9 cm³/mol. The summed E-state index contributed by atoms with van der Waals surface area (Å²) in [5, 5.41) is 0. The maximum atomic E-state index is 11.7. The standard InChI is InChI=1S/C12H21N3O2/c1-8(2)11(12(16)14-13)15(4)7-10-5-6-17-9(10)3/h5-6,8,11H,7,13H2,1-4H3,(H,14,16). The van der Waals surface area contributed by atoms with E-state index in [-0.39, 0.29) is 17.9 Å². The second-order valence-corrected chi connectivity index (χ2v) is 4.61. The molecule has 0 spiro atoms. The van der Waals surface area contributed by atoms with E-state index in [9.17, 15) is 4.79 Å². The SMILES string of the molecule is Cc1occc1CN(C)C(C(=O)NN)C(C)C. The van der Waals surface area contributed by atoms with Crippen molar-refractivity contribution in [3.8, 4) is 0 Å². The average molecular weight is 239 g/mol. The molecule has 0 aliphatic rings. The molecule has 1 rings (SSSR count). The second-order valence-electron chi connectivity index (χ2n) is 4.61. The van der Waals surface area contributed by atoms with Crippen LogP contribution in [0.4, 0.5) is 0 Å². The van der Waals surface area contributed by atoms with E-state index in [1.165, 1.54) is 0 Å². The van der Waals surface area contributed by atoms with Gasteiger partial charge >= 0.3 is 0 Å². The fourth-order valence-corrected chi connectivity index (χ4v) is 2.04. The number of hydrazine groups is 1. The Labute approximate surface area is 102 Å². The van der Waals surface area contributed by atoms with E-state index >= 15 is 0 Å². The van der Waals surface area contributed by atoms with Gasteiger partial charge in [-0.1, -0.05) is 13.8 Å². The van der Waals surface area contributed by atoms with Crippen molar-refractivity contribution in [1.29, 1.82) is 0 Å². The lowest BCUT2D eigenvalue weighted by atomic mass is 10.0. The number of likely N-dealkylation sites (N-methyl/N-ethyl adjacent to an activating group) is 1. The number of nitrogens with two attached hydrogens (primary N) is 1. The lowest BCUT2D eigenvalue weighted by Gasteiger charge is -2.29. The maximum Gasteiger partial charge on any atom is 0.251 e. The Morgan fingerprint density at radius 1 is 1.59 bits per heavy atom. The molecule has 0 bridgehead atoms. The normalized spacial score (nSPS) is 13.1. The molecule has 1 heterocycles. The Bertz CT molecular complexity index is 374. The summed E-state index contributed by atoms with van der Waals surface area (Å²) < 4.78 is 5.24. The molecule has 5 nitrogen and oxygen atoms in total. The van der Waals surface area contributed by atoms with Gasteiger partial charge in [-0.25, -0.2) is 5.84 Å². The fourth-order valence-electron chi connectivity index (χ4n) is 2.04. The molecule has 0 saturated carbocycles. The largest absolute Gasteiger partial charge is 0.469 e. The average Bonchev–Trinajstić information content (AvgIpc) is 2.63. The molecule has 1 atom stereocenters. The number of furan rings is 1. The summed E-state index contributed by atoms with van der Waals surface area (Å²) in [6, 6.07) is 1.68. The Morgan fingerprint density at radius 3 is 2.65 bits per heavy atom. The van der Waals surface area contributed by atoms with E-state index in [4.69, 9.17) is 10.3 Å². The molecule has 5 heteroatoms. The minimum absolute atomic E-state index is 0.163. The number of hydrogen-bond acceptors (Lipinski definition) is 4. The molecule has 1 aromatic heterocycles. The van der Waals surface area contributed by atoms with Gasteiger partial charge in [0, 0.05) is 12.1 Å². The van der Waals surface area contributed by atoms with E-state index in [0.717, 1.165) is 11.3 Å². The van der Waals surface area contributed by atoms with Crippen LogP contribution in [0.3, 0.4) is 0 Å². The molecule has 0 aromatic carbocycles. The molecule has 3 N–H and O–H groups in total. The van der Waals surface area contributed by atoms with Crippen molar-refractivity contribution in [3.05, 3.63) is 23.7 Å². The zero-order chi connectivity index (χ0) is 13.0. The number of carbonyl (C=O) groups is 1. The van der Waals surface area contributed by atoms with Gasteiger partial charge in [-0.05, 0) is 26.0 Å². The number of hydrogen-bond donors (Lipinski definition) is 2. The molecule has 0 aliphatic carbocycles. The van der Waals surface area contributed by atoms with Crippen molar-refractivity contribution >= 4 is 5.91 Å². The van der Waals surface area contributed by atoms with Gasteiger partial charge in [0.1, 0.15) is 5.76 Å². The molecular formula is C12H21N3O2. The highest BCUT2D eigenvalue weighted by Crippen LogP contribution is 2.16. The first-order valence-corrected chi connectivity index (χ1v) is 5.71. The minimum atomic E-state index is -0.241. The van der Waals surface area contributed by atoms with Gasteiger partial charge in [0.05, 0.1) is 12.3 Å². The zero-order valence-electron chi connectivity index (χ0n) is 10.9. The lowest BCUT2D eigenvalue weighted by Crippen LogP contribution is -2.50. The molecule has 0 aliphatic heterocycles. The molecular weight excluding hydrogens is 218 g/mol. The second kappa shape index (κ2) is 5.84. The van der Waals surface area contributed by atoms with Crippen LogP contribution in [0.15, 0.2) is 16.7 Å². The first kappa shape index (κ1) is 13.7. The minimum Gasteiger partial charge on any atom is -0.469 e. The quantitative estimate of drug-likeness (QED) is 0.457. The van der Waals surface area contributed by atoms with Crippen molar-refractivity contribution < 1.29 is 9.21 Å². The molecule has 0 fully saturated rings. The van der Waals surface area contributed by atoms with Crippen LogP contribution in [0.5, 0.6) is 0 Å². The van der Waals surface area contributed by atoms with Crippen LogP contribution in [-0.2, 0) is 11.3 Å². The predicted octanol–water partition coefficient (Wildman–Crippen LogP) is 1.03. The third-order valence-corrected chi connectivity index (χ3v) is 2.90. The van der Waals surface area contributed by atoms with Gasteiger partial charge in [0.25, 0.3) is 5.91 Å². The first-order chi connectivity index (χ1) is 7.97. The number of nitrogens with one attached hydrogen (secondary N) is 1. The summed E-state index contributed by atoms with van der Waals surface area (Å²) >= 11 is 0. The van der Waals surface area contributed by atoms with E-state index < -0.39 is 0 Å². The van der Waals surface area contributed by atoms with Crippen LogP contribution in [0.25, 0.3) is 0 Å². The Hall–Kier alpha value is -1.33. The number of aryl methyl sites for hydroxylation is 1. The lowest BCUT2D eigenvalue weighted by molar-refractivity contribution is -0.127. The summed E-state index contributed by atoms with van der Waals surface area (Å²) in [5.41, 5.74) is 3.30. The van der Waals surface area contributed by atoms with Crippen molar-refractivity contribution in [3.63, 3.8) is 0 Å². The van der Waals surface area contributed by atoms with Crippen LogP contribution in [0.2, 0.25) is 0 Å². The van der Waals surface area contributed by atoms with Gasteiger partial charge < -0.3 is 4.42 Å². The zero-order valence-corrected chi connectivity index (χ0v) is 10.9. The van der Waals surface area contributed by atoms with Crippen LogP contribution < -0.4 is 11.3 Å². The topological polar surface area (TPSA) is 71.5 Å². The molecule has 96 valence electrons. The highest BCUT2D eigenvalue weighted by Gasteiger charge is 2.26. The summed E-state index contributed by atoms with van der Waals surface area (Å²) in [6.07, 6.45) is 1.66. The summed E-state index contributed by atoms with van der Waals surface area (Å²) in [7, 11) is 1.91. The highest BCUT2D eigenvalue weighted by atomic mass is 16.3.